The molecule has 70 valence electrons. The lowest BCUT2D eigenvalue weighted by Crippen LogP contribution is -2.17. The fraction of sp³-hybridized carbons (Fsp3) is 0.500. The van der Waals surface area contributed by atoms with E-state index in [9.17, 15) is 0 Å². The van der Waals surface area contributed by atoms with Crippen molar-refractivity contribution in [3.8, 4) is 12.3 Å². The van der Waals surface area contributed by atoms with Gasteiger partial charge >= 0.3 is 0 Å². The summed E-state index contributed by atoms with van der Waals surface area (Å²) in [7, 11) is 3.76. The summed E-state index contributed by atoms with van der Waals surface area (Å²) in [4.78, 5) is 0. The minimum atomic E-state index is -0.0437. The van der Waals surface area contributed by atoms with Crippen LogP contribution in [0.15, 0.2) is 6.07 Å². The summed E-state index contributed by atoms with van der Waals surface area (Å²) in [6.07, 6.45) is 6.32. The van der Waals surface area contributed by atoms with Crippen molar-refractivity contribution >= 4 is 0 Å². The molecule has 1 unspecified atom stereocenters. The van der Waals surface area contributed by atoms with E-state index in [0.717, 1.165) is 17.8 Å². The third kappa shape index (κ3) is 1.90. The van der Waals surface area contributed by atoms with E-state index in [-0.39, 0.29) is 6.04 Å². The van der Waals surface area contributed by atoms with E-state index in [1.165, 1.54) is 0 Å². The zero-order chi connectivity index (χ0) is 9.84. The predicted octanol–water partition coefficient (Wildman–Crippen LogP) is 0.876. The lowest BCUT2D eigenvalue weighted by Gasteiger charge is -2.08. The van der Waals surface area contributed by atoms with Gasteiger partial charge in [-0.25, -0.2) is 0 Å². The van der Waals surface area contributed by atoms with Gasteiger partial charge in [-0.05, 0) is 19.5 Å². The number of rotatable bonds is 3. The second-order valence-electron chi connectivity index (χ2n) is 2.93. The maximum atomic E-state index is 5.38. The monoisotopic (exact) mass is 177 g/mol. The smallest absolute Gasteiger partial charge is 0.111 e. The van der Waals surface area contributed by atoms with Crippen molar-refractivity contribution in [1.29, 1.82) is 0 Å². The Bertz CT molecular complexity index is 319. The molecular weight excluding hydrogens is 162 g/mol. The molecule has 0 spiro atoms. The number of terminal acetylenes is 1. The fourth-order valence-corrected chi connectivity index (χ4v) is 1.30. The second-order valence-corrected chi connectivity index (χ2v) is 2.93. The van der Waals surface area contributed by atoms with E-state index in [2.05, 4.69) is 23.3 Å². The third-order valence-electron chi connectivity index (χ3n) is 2.08. The fourth-order valence-electron chi connectivity index (χ4n) is 1.30. The van der Waals surface area contributed by atoms with Crippen molar-refractivity contribution < 1.29 is 0 Å². The number of hydrogen-bond acceptors (Lipinski definition) is 2. The third-order valence-corrected chi connectivity index (χ3v) is 2.08. The van der Waals surface area contributed by atoms with Crippen molar-refractivity contribution in [3.05, 3.63) is 17.5 Å². The maximum absolute atomic E-state index is 5.38. The van der Waals surface area contributed by atoms with E-state index < -0.39 is 0 Å². The average Bonchev–Trinajstić information content (AvgIpc) is 2.50. The van der Waals surface area contributed by atoms with Gasteiger partial charge in [-0.1, -0.05) is 12.8 Å². The molecule has 3 heteroatoms. The number of nitrogens with zero attached hydrogens (tertiary/aromatic N) is 2. The van der Waals surface area contributed by atoms with Crippen LogP contribution in [-0.4, -0.2) is 16.8 Å². The van der Waals surface area contributed by atoms with E-state index in [4.69, 9.17) is 6.42 Å². The number of nitrogens with one attached hydrogen (secondary N) is 1. The summed E-state index contributed by atoms with van der Waals surface area (Å²) < 4.78 is 1.83. The molecule has 0 bridgehead atoms. The van der Waals surface area contributed by atoms with Crippen LogP contribution in [0, 0.1) is 12.3 Å². The minimum Gasteiger partial charge on any atom is -0.302 e. The zero-order valence-corrected chi connectivity index (χ0v) is 8.33. The summed E-state index contributed by atoms with van der Waals surface area (Å²) in [6, 6.07) is 2.00. The molecular formula is C10H15N3. The Balaban J connectivity index is 3.00. The lowest BCUT2D eigenvalue weighted by atomic mass is 10.2. The van der Waals surface area contributed by atoms with Gasteiger partial charge in [0.1, 0.15) is 6.04 Å². The standard InChI is InChI=1S/C10H15N3/c1-5-8-7-10(13(4)12-8)9(6-2)11-3/h2,7,9,11H,5H2,1,3-4H3. The quantitative estimate of drug-likeness (QED) is 0.694. The van der Waals surface area contributed by atoms with Gasteiger partial charge in [0, 0.05) is 7.05 Å². The summed E-state index contributed by atoms with van der Waals surface area (Å²) in [5.41, 5.74) is 2.12. The Morgan fingerprint density at radius 2 is 2.46 bits per heavy atom. The summed E-state index contributed by atoms with van der Waals surface area (Å²) in [5, 5.41) is 7.38. The van der Waals surface area contributed by atoms with Crippen LogP contribution in [0.25, 0.3) is 0 Å². The van der Waals surface area contributed by atoms with Gasteiger partial charge in [-0.15, -0.1) is 6.42 Å². The Morgan fingerprint density at radius 3 is 2.85 bits per heavy atom. The highest BCUT2D eigenvalue weighted by Gasteiger charge is 2.11. The van der Waals surface area contributed by atoms with Crippen LogP contribution in [0.3, 0.4) is 0 Å². The molecule has 0 fully saturated rings. The molecule has 0 aliphatic heterocycles. The molecule has 0 radical (unpaired) electrons. The lowest BCUT2D eigenvalue weighted by molar-refractivity contribution is 0.628. The highest BCUT2D eigenvalue weighted by Crippen LogP contribution is 2.12. The van der Waals surface area contributed by atoms with Crippen LogP contribution in [-0.2, 0) is 13.5 Å². The first kappa shape index (κ1) is 9.82. The Labute approximate surface area is 79.1 Å². The van der Waals surface area contributed by atoms with Gasteiger partial charge in [-0.3, -0.25) is 4.68 Å². The van der Waals surface area contributed by atoms with E-state index >= 15 is 0 Å². The van der Waals surface area contributed by atoms with Gasteiger partial charge in [0.15, 0.2) is 0 Å². The highest BCUT2D eigenvalue weighted by atomic mass is 15.3. The summed E-state index contributed by atoms with van der Waals surface area (Å²) >= 11 is 0. The number of aromatic nitrogens is 2. The van der Waals surface area contributed by atoms with Gasteiger partial charge < -0.3 is 5.32 Å². The van der Waals surface area contributed by atoms with Crippen molar-refractivity contribution in [3.63, 3.8) is 0 Å². The first-order valence-electron chi connectivity index (χ1n) is 4.39. The predicted molar refractivity (Wildman–Crippen MR) is 53.2 cm³/mol. The number of hydrogen-bond donors (Lipinski definition) is 1. The zero-order valence-electron chi connectivity index (χ0n) is 8.33. The highest BCUT2D eigenvalue weighted by molar-refractivity contribution is 5.21. The van der Waals surface area contributed by atoms with E-state index in [1.54, 1.807) is 0 Å². The van der Waals surface area contributed by atoms with Crippen LogP contribution in [0.4, 0.5) is 0 Å². The molecule has 0 aliphatic carbocycles. The molecule has 0 aromatic carbocycles. The van der Waals surface area contributed by atoms with E-state index in [1.807, 2.05) is 24.8 Å². The normalized spacial score (nSPS) is 12.5. The molecule has 13 heavy (non-hydrogen) atoms. The first-order valence-corrected chi connectivity index (χ1v) is 4.39. The molecule has 1 atom stereocenters. The molecule has 3 nitrogen and oxygen atoms in total. The molecule has 1 N–H and O–H groups in total. The molecule has 1 rings (SSSR count). The Morgan fingerprint density at radius 1 is 1.77 bits per heavy atom. The van der Waals surface area contributed by atoms with Gasteiger partial charge in [0.25, 0.3) is 0 Å². The van der Waals surface area contributed by atoms with Crippen LogP contribution in [0.1, 0.15) is 24.4 Å². The van der Waals surface area contributed by atoms with Crippen LogP contribution in [0.5, 0.6) is 0 Å². The first-order chi connectivity index (χ1) is 6.22. The van der Waals surface area contributed by atoms with Crippen molar-refractivity contribution in [1.82, 2.24) is 15.1 Å². The largest absolute Gasteiger partial charge is 0.302 e. The SMILES string of the molecule is C#CC(NC)c1cc(CC)nn1C. The second kappa shape index (κ2) is 4.11. The van der Waals surface area contributed by atoms with Crippen molar-refractivity contribution in [2.75, 3.05) is 7.05 Å². The topological polar surface area (TPSA) is 29.9 Å². The van der Waals surface area contributed by atoms with Crippen molar-refractivity contribution in [2.45, 2.75) is 19.4 Å². The minimum absolute atomic E-state index is 0.0437. The molecule has 1 aromatic heterocycles. The molecule has 0 saturated carbocycles. The molecule has 0 aliphatic rings. The van der Waals surface area contributed by atoms with Crippen molar-refractivity contribution in [2.24, 2.45) is 7.05 Å². The Kier molecular flexibility index (Phi) is 3.10. The van der Waals surface area contributed by atoms with Gasteiger partial charge in [0.2, 0.25) is 0 Å². The maximum Gasteiger partial charge on any atom is 0.111 e. The summed E-state index contributed by atoms with van der Waals surface area (Å²) in [6.45, 7) is 2.08. The molecule has 0 amide bonds. The van der Waals surface area contributed by atoms with Crippen LogP contribution >= 0.6 is 0 Å². The van der Waals surface area contributed by atoms with Crippen LogP contribution in [0.2, 0.25) is 0 Å². The number of aryl methyl sites for hydroxylation is 2. The van der Waals surface area contributed by atoms with Gasteiger partial charge in [0.05, 0.1) is 11.4 Å². The molecule has 1 aromatic rings. The summed E-state index contributed by atoms with van der Waals surface area (Å²) in [5.74, 6) is 2.67. The molecule has 1 heterocycles. The van der Waals surface area contributed by atoms with Gasteiger partial charge in [-0.2, -0.15) is 5.10 Å². The average molecular weight is 177 g/mol. The van der Waals surface area contributed by atoms with Crippen LogP contribution < -0.4 is 5.32 Å². The molecule has 0 saturated heterocycles. The van der Waals surface area contributed by atoms with E-state index in [0.29, 0.717) is 0 Å². The Hall–Kier alpha value is -1.27.